The first kappa shape index (κ1) is 31.6. The van der Waals surface area contributed by atoms with Crippen molar-refractivity contribution in [3.8, 4) is 28.7 Å². The predicted octanol–water partition coefficient (Wildman–Crippen LogP) is -0.0120. The Hall–Kier alpha value is -2.88. The molecule has 1 saturated heterocycles. The molecule has 1 heterocycles. The molecular formula is C27H38O13. The fourth-order valence-electron chi connectivity index (χ4n) is 4.28. The molecule has 40 heavy (non-hydrogen) atoms. The van der Waals surface area contributed by atoms with Crippen LogP contribution in [0.4, 0.5) is 0 Å². The lowest BCUT2D eigenvalue weighted by Gasteiger charge is -2.38. The van der Waals surface area contributed by atoms with Gasteiger partial charge in [0.2, 0.25) is 5.75 Å². The highest BCUT2D eigenvalue weighted by atomic mass is 16.7. The Morgan fingerprint density at radius 2 is 1.55 bits per heavy atom. The maximum absolute atomic E-state index is 11.1. The molecular weight excluding hydrogens is 532 g/mol. The van der Waals surface area contributed by atoms with Gasteiger partial charge in [0.1, 0.15) is 31.0 Å². The van der Waals surface area contributed by atoms with E-state index in [0.717, 1.165) is 5.56 Å². The van der Waals surface area contributed by atoms with Crippen molar-refractivity contribution in [2.75, 3.05) is 34.5 Å². The van der Waals surface area contributed by atoms with E-state index < -0.39 is 49.2 Å². The summed E-state index contributed by atoms with van der Waals surface area (Å²) in [5.41, 5.74) is 0.833. The highest BCUT2D eigenvalue weighted by molar-refractivity contribution is 5.54. The molecule has 0 bridgehead atoms. The lowest BCUT2D eigenvalue weighted by Crippen LogP contribution is -2.57. The molecule has 13 nitrogen and oxygen atoms in total. The second-order valence-corrected chi connectivity index (χ2v) is 9.42. The number of phenols is 1. The van der Waals surface area contributed by atoms with Crippen LogP contribution in [0.25, 0.3) is 0 Å². The van der Waals surface area contributed by atoms with Gasteiger partial charge in [-0.1, -0.05) is 6.07 Å². The minimum absolute atomic E-state index is 0.0492. The molecule has 3 rings (SSSR count). The molecule has 0 aliphatic carbocycles. The van der Waals surface area contributed by atoms with Crippen LogP contribution in [0.5, 0.6) is 28.7 Å². The number of aliphatic hydroxyl groups excluding tert-OH is 5. The van der Waals surface area contributed by atoms with Gasteiger partial charge in [-0.3, -0.25) is 0 Å². The van der Waals surface area contributed by atoms with Gasteiger partial charge < -0.3 is 64.2 Å². The van der Waals surface area contributed by atoms with Crippen LogP contribution in [-0.2, 0) is 15.9 Å². The number of ether oxygens (including phenoxy) is 6. The van der Waals surface area contributed by atoms with E-state index in [9.17, 15) is 35.7 Å². The third-order valence-electron chi connectivity index (χ3n) is 6.67. The number of aliphatic hydroxyl groups is 6. The second kappa shape index (κ2) is 13.7. The first-order chi connectivity index (χ1) is 19.0. The van der Waals surface area contributed by atoms with E-state index >= 15 is 0 Å². The number of aromatic hydroxyl groups is 1. The maximum atomic E-state index is 11.1. The Morgan fingerprint density at radius 3 is 2.12 bits per heavy atom. The average molecular weight is 571 g/mol. The zero-order chi connectivity index (χ0) is 29.6. The third-order valence-corrected chi connectivity index (χ3v) is 6.67. The molecule has 2 aromatic rings. The molecule has 13 heteroatoms. The lowest BCUT2D eigenvalue weighted by molar-refractivity contribution is -0.293. The van der Waals surface area contributed by atoms with Gasteiger partial charge in [0.25, 0.3) is 5.79 Å². The van der Waals surface area contributed by atoms with Gasteiger partial charge in [-0.15, -0.1) is 0 Å². The first-order valence-electron chi connectivity index (χ1n) is 12.6. The number of hydrogen-bond donors (Lipinski definition) is 7. The van der Waals surface area contributed by atoms with Crippen LogP contribution in [0.1, 0.15) is 30.6 Å². The largest absolute Gasteiger partial charge is 0.504 e. The van der Waals surface area contributed by atoms with E-state index in [4.69, 9.17) is 28.4 Å². The van der Waals surface area contributed by atoms with Gasteiger partial charge in [0.05, 0.1) is 34.0 Å². The number of hydrogen-bond acceptors (Lipinski definition) is 13. The molecule has 1 aliphatic rings. The first-order valence-corrected chi connectivity index (χ1v) is 12.6. The van der Waals surface area contributed by atoms with Crippen molar-refractivity contribution >= 4 is 0 Å². The Balaban J connectivity index is 1.73. The number of phenolic OH excluding ortho intramolecular Hbond substituents is 1. The van der Waals surface area contributed by atoms with Crippen molar-refractivity contribution in [2.24, 2.45) is 0 Å². The summed E-state index contributed by atoms with van der Waals surface area (Å²) in [7, 11) is 4.07. The molecule has 0 spiro atoms. The van der Waals surface area contributed by atoms with Crippen molar-refractivity contribution in [1.29, 1.82) is 0 Å². The van der Waals surface area contributed by atoms with Gasteiger partial charge in [-0.05, 0) is 55.2 Å². The zero-order valence-corrected chi connectivity index (χ0v) is 22.8. The number of methoxy groups -OCH3 is 3. The van der Waals surface area contributed by atoms with Crippen molar-refractivity contribution in [1.82, 2.24) is 0 Å². The Labute approximate surface area is 231 Å². The summed E-state index contributed by atoms with van der Waals surface area (Å²) in [6, 6.07) is 7.15. The van der Waals surface area contributed by atoms with Gasteiger partial charge in [0.15, 0.2) is 29.3 Å². The van der Waals surface area contributed by atoms with Crippen LogP contribution in [-0.4, -0.2) is 107 Å². The molecule has 0 unspecified atom stereocenters. The number of benzene rings is 2. The molecule has 1 aliphatic heterocycles. The van der Waals surface area contributed by atoms with Crippen LogP contribution in [0.2, 0.25) is 0 Å². The number of rotatable bonds is 13. The molecule has 7 atom stereocenters. The van der Waals surface area contributed by atoms with E-state index in [1.807, 2.05) is 0 Å². The SMILES string of the molecule is COc1cc([C@@H](O)[C@@](O)(CO)Oc2c(OC)cc(CCCO[C@@H]3O[C@@H](C)[C@H](O)[C@@H](O)[C@H]3O)cc2OC)ccc1O. The molecule has 0 amide bonds. The quantitative estimate of drug-likeness (QED) is 0.126. The van der Waals surface area contributed by atoms with Crippen LogP contribution >= 0.6 is 0 Å². The highest BCUT2D eigenvalue weighted by Gasteiger charge is 2.43. The predicted molar refractivity (Wildman–Crippen MR) is 138 cm³/mol. The van der Waals surface area contributed by atoms with E-state index in [1.165, 1.54) is 39.5 Å². The molecule has 0 aromatic heterocycles. The Kier molecular flexibility index (Phi) is 10.8. The highest BCUT2D eigenvalue weighted by Crippen LogP contribution is 2.43. The summed E-state index contributed by atoms with van der Waals surface area (Å²) >= 11 is 0. The van der Waals surface area contributed by atoms with Gasteiger partial charge in [0, 0.05) is 0 Å². The van der Waals surface area contributed by atoms with Gasteiger partial charge in [-0.2, -0.15) is 0 Å². The topological polar surface area (TPSA) is 197 Å². The van der Waals surface area contributed by atoms with E-state index in [-0.39, 0.29) is 40.9 Å². The van der Waals surface area contributed by atoms with Crippen LogP contribution in [0.3, 0.4) is 0 Å². The average Bonchev–Trinajstić information content (AvgIpc) is 2.96. The fraction of sp³-hybridized carbons (Fsp3) is 0.556. The minimum atomic E-state index is -2.53. The maximum Gasteiger partial charge on any atom is 0.262 e. The van der Waals surface area contributed by atoms with Crippen molar-refractivity contribution < 1.29 is 64.2 Å². The summed E-state index contributed by atoms with van der Waals surface area (Å²) in [6.07, 6.45) is -6.65. The van der Waals surface area contributed by atoms with Gasteiger partial charge in [-0.25, -0.2) is 0 Å². The molecule has 0 saturated carbocycles. The molecule has 1 fully saturated rings. The van der Waals surface area contributed by atoms with Crippen molar-refractivity contribution in [2.45, 2.75) is 62.4 Å². The van der Waals surface area contributed by atoms with Gasteiger partial charge >= 0.3 is 0 Å². The van der Waals surface area contributed by atoms with E-state index in [2.05, 4.69) is 0 Å². The summed E-state index contributed by atoms with van der Waals surface area (Å²) in [5, 5.41) is 71.6. The van der Waals surface area contributed by atoms with E-state index in [1.54, 1.807) is 19.1 Å². The summed E-state index contributed by atoms with van der Waals surface area (Å²) in [6.45, 7) is 0.714. The third kappa shape index (κ3) is 6.87. The summed E-state index contributed by atoms with van der Waals surface area (Å²) in [4.78, 5) is 0. The lowest BCUT2D eigenvalue weighted by atomic mass is 10.00. The van der Waals surface area contributed by atoms with Crippen molar-refractivity contribution in [3.05, 3.63) is 41.5 Å². The smallest absolute Gasteiger partial charge is 0.262 e. The Morgan fingerprint density at radius 1 is 0.925 bits per heavy atom. The second-order valence-electron chi connectivity index (χ2n) is 9.42. The zero-order valence-electron chi connectivity index (χ0n) is 22.8. The van der Waals surface area contributed by atoms with E-state index in [0.29, 0.717) is 12.8 Å². The van der Waals surface area contributed by atoms with Crippen LogP contribution in [0, 0.1) is 0 Å². The monoisotopic (exact) mass is 570 g/mol. The number of aryl methyl sites for hydroxylation is 1. The molecule has 7 N–H and O–H groups in total. The molecule has 0 radical (unpaired) electrons. The minimum Gasteiger partial charge on any atom is -0.504 e. The summed E-state index contributed by atoms with van der Waals surface area (Å²) in [5.74, 6) is -2.44. The molecule has 224 valence electrons. The standard InChI is InChI=1S/C27H38O13/c1-14-21(30)22(31)23(32)26(39-14)38-9-5-6-15-10-19(36-3)24(20(11-15)37-4)40-27(34,13-28)25(33)16-7-8-17(29)18(12-16)35-2/h7-8,10-12,14,21-23,25-26,28-34H,5-6,9,13H2,1-4H3/t14-,21-,22+,23+,25+,26+,27+/m0/s1. The normalized spacial score (nSPS) is 25.1. The van der Waals surface area contributed by atoms with Crippen molar-refractivity contribution in [3.63, 3.8) is 0 Å². The fourth-order valence-corrected chi connectivity index (χ4v) is 4.28. The molecule has 2 aromatic carbocycles. The summed E-state index contributed by atoms with van der Waals surface area (Å²) < 4.78 is 32.6. The van der Waals surface area contributed by atoms with Crippen LogP contribution < -0.4 is 18.9 Å². The Bertz CT molecular complexity index is 1090. The van der Waals surface area contributed by atoms with Crippen LogP contribution in [0.15, 0.2) is 30.3 Å².